The van der Waals surface area contributed by atoms with Gasteiger partial charge in [-0.1, -0.05) is 48.5 Å². The Morgan fingerprint density at radius 3 is 2.57 bits per heavy atom. The molecule has 1 atom stereocenters. The molecule has 0 radical (unpaired) electrons. The van der Waals surface area contributed by atoms with Crippen molar-refractivity contribution >= 4 is 5.91 Å². The normalized spacial score (nSPS) is 15.2. The summed E-state index contributed by atoms with van der Waals surface area (Å²) in [7, 11) is 1.73. The van der Waals surface area contributed by atoms with Gasteiger partial charge in [0.05, 0.1) is 7.11 Å². The van der Waals surface area contributed by atoms with E-state index in [-0.39, 0.29) is 0 Å². The van der Waals surface area contributed by atoms with E-state index in [1.54, 1.807) is 13.2 Å². The van der Waals surface area contributed by atoms with Gasteiger partial charge in [-0.25, -0.2) is 0 Å². The van der Waals surface area contributed by atoms with Gasteiger partial charge in [-0.15, -0.1) is 0 Å². The second-order valence-corrected chi connectivity index (χ2v) is 7.23. The summed E-state index contributed by atoms with van der Waals surface area (Å²) in [6.07, 6.45) is 2.03. The average molecular weight is 372 g/mol. The van der Waals surface area contributed by atoms with Crippen LogP contribution in [-0.2, 0) is 19.4 Å². The Kier molecular flexibility index (Phi) is 5.13. The first-order valence-electron chi connectivity index (χ1n) is 9.51. The van der Waals surface area contributed by atoms with Crippen molar-refractivity contribution in [3.8, 4) is 16.9 Å². The molecule has 0 fully saturated rings. The lowest BCUT2D eigenvalue weighted by Crippen LogP contribution is -2.28. The van der Waals surface area contributed by atoms with E-state index >= 15 is 0 Å². The van der Waals surface area contributed by atoms with Gasteiger partial charge in [-0.2, -0.15) is 0 Å². The molecule has 0 saturated carbocycles. The quantitative estimate of drug-likeness (QED) is 0.693. The van der Waals surface area contributed by atoms with E-state index in [0.29, 0.717) is 11.6 Å². The Bertz CT molecular complexity index is 996. The Morgan fingerprint density at radius 1 is 1.04 bits per heavy atom. The molecular formula is C24H24N2O2. The van der Waals surface area contributed by atoms with Crippen molar-refractivity contribution in [1.29, 1.82) is 0 Å². The van der Waals surface area contributed by atoms with Gasteiger partial charge >= 0.3 is 0 Å². The minimum atomic E-state index is -0.406. The number of fused-ring (bicyclic) bond motifs is 1. The molecule has 142 valence electrons. The van der Waals surface area contributed by atoms with Crippen LogP contribution >= 0.6 is 0 Å². The van der Waals surface area contributed by atoms with Crippen LogP contribution < -0.4 is 15.8 Å². The van der Waals surface area contributed by atoms with Gasteiger partial charge in [0.2, 0.25) is 5.91 Å². The maximum absolute atomic E-state index is 11.4. The summed E-state index contributed by atoms with van der Waals surface area (Å²) in [6, 6.07) is 22.6. The fraction of sp³-hybridized carbons (Fsp3) is 0.208. The molecule has 0 saturated heterocycles. The number of hydrogen-bond acceptors (Lipinski definition) is 3. The molecule has 28 heavy (non-hydrogen) atoms. The molecule has 0 heterocycles. The summed E-state index contributed by atoms with van der Waals surface area (Å²) in [5.41, 5.74) is 11.9. The predicted molar refractivity (Wildman–Crippen MR) is 111 cm³/mol. The number of primary amides is 1. The molecule has 4 nitrogen and oxygen atoms in total. The number of amides is 1. The van der Waals surface area contributed by atoms with Crippen molar-refractivity contribution in [2.24, 2.45) is 5.73 Å². The largest absolute Gasteiger partial charge is 0.496 e. The minimum Gasteiger partial charge on any atom is -0.496 e. The van der Waals surface area contributed by atoms with Crippen molar-refractivity contribution in [1.82, 2.24) is 5.32 Å². The molecule has 3 aromatic carbocycles. The van der Waals surface area contributed by atoms with Gasteiger partial charge in [-0.05, 0) is 58.9 Å². The van der Waals surface area contributed by atoms with Crippen molar-refractivity contribution < 1.29 is 9.53 Å². The highest BCUT2D eigenvalue weighted by Crippen LogP contribution is 2.30. The van der Waals surface area contributed by atoms with E-state index in [2.05, 4.69) is 41.7 Å². The van der Waals surface area contributed by atoms with E-state index in [9.17, 15) is 4.79 Å². The van der Waals surface area contributed by atoms with Crippen molar-refractivity contribution in [2.75, 3.05) is 7.11 Å². The molecule has 0 spiro atoms. The Morgan fingerprint density at radius 2 is 1.82 bits per heavy atom. The molecule has 0 aliphatic heterocycles. The highest BCUT2D eigenvalue weighted by Gasteiger charge is 2.23. The van der Waals surface area contributed by atoms with E-state index in [4.69, 9.17) is 10.5 Å². The van der Waals surface area contributed by atoms with E-state index in [1.807, 2.05) is 24.3 Å². The van der Waals surface area contributed by atoms with Crippen LogP contribution in [-0.4, -0.2) is 19.1 Å². The van der Waals surface area contributed by atoms with Crippen LogP contribution in [0.3, 0.4) is 0 Å². The fourth-order valence-corrected chi connectivity index (χ4v) is 3.88. The summed E-state index contributed by atoms with van der Waals surface area (Å²) >= 11 is 0. The maximum atomic E-state index is 11.4. The molecule has 1 aliphatic rings. The average Bonchev–Trinajstić information content (AvgIpc) is 3.16. The number of hydrogen-bond donors (Lipinski definition) is 2. The van der Waals surface area contributed by atoms with Crippen LogP contribution in [0.4, 0.5) is 0 Å². The second-order valence-electron chi connectivity index (χ2n) is 7.23. The topological polar surface area (TPSA) is 64.3 Å². The standard InChI is InChI=1S/C24H24N2O2/c1-28-23-7-3-5-19-13-21(14-22(19)23)26-15-16-8-10-17(11-9-16)18-4-2-6-20(12-18)24(25)27/h2-12,21,26H,13-15H2,1H3,(H2,25,27). The number of benzene rings is 3. The molecule has 0 bridgehead atoms. The highest BCUT2D eigenvalue weighted by molar-refractivity contribution is 5.94. The number of carbonyl (C=O) groups excluding carboxylic acids is 1. The fourth-order valence-electron chi connectivity index (χ4n) is 3.88. The van der Waals surface area contributed by atoms with Crippen LogP contribution in [0.2, 0.25) is 0 Å². The summed E-state index contributed by atoms with van der Waals surface area (Å²) in [5, 5.41) is 3.66. The first kappa shape index (κ1) is 18.3. The SMILES string of the molecule is COc1cccc2c1CC(NCc1ccc(-c3cccc(C(N)=O)c3)cc1)C2. The molecule has 0 aromatic heterocycles. The third-order valence-electron chi connectivity index (χ3n) is 5.40. The molecule has 3 aromatic rings. The number of carbonyl (C=O) groups is 1. The van der Waals surface area contributed by atoms with Gasteiger partial charge in [0, 0.05) is 18.2 Å². The van der Waals surface area contributed by atoms with Crippen LogP contribution in [0.5, 0.6) is 5.75 Å². The zero-order valence-corrected chi connectivity index (χ0v) is 15.9. The Balaban J connectivity index is 1.39. The van der Waals surface area contributed by atoms with Crippen LogP contribution in [0.1, 0.15) is 27.0 Å². The molecule has 3 N–H and O–H groups in total. The molecular weight excluding hydrogens is 348 g/mol. The lowest BCUT2D eigenvalue weighted by molar-refractivity contribution is 0.100. The molecule has 4 rings (SSSR count). The number of nitrogens with one attached hydrogen (secondary N) is 1. The first-order valence-corrected chi connectivity index (χ1v) is 9.51. The first-order chi connectivity index (χ1) is 13.6. The smallest absolute Gasteiger partial charge is 0.248 e. The van der Waals surface area contributed by atoms with Crippen LogP contribution in [0, 0.1) is 0 Å². The van der Waals surface area contributed by atoms with Gasteiger partial charge < -0.3 is 15.8 Å². The Labute approximate surface area is 165 Å². The third kappa shape index (κ3) is 3.78. The number of methoxy groups -OCH3 is 1. The van der Waals surface area contributed by atoms with E-state index < -0.39 is 5.91 Å². The van der Waals surface area contributed by atoms with Crippen LogP contribution in [0.15, 0.2) is 66.7 Å². The summed E-state index contributed by atoms with van der Waals surface area (Å²) in [5.74, 6) is 0.584. The van der Waals surface area contributed by atoms with Gasteiger partial charge in [0.1, 0.15) is 5.75 Å². The maximum Gasteiger partial charge on any atom is 0.248 e. The second kappa shape index (κ2) is 7.87. The monoisotopic (exact) mass is 372 g/mol. The van der Waals surface area contributed by atoms with Crippen molar-refractivity contribution in [2.45, 2.75) is 25.4 Å². The zero-order chi connectivity index (χ0) is 19.5. The number of ether oxygens (including phenoxy) is 1. The molecule has 1 amide bonds. The molecule has 1 unspecified atom stereocenters. The third-order valence-corrected chi connectivity index (χ3v) is 5.40. The minimum absolute atomic E-state index is 0.406. The van der Waals surface area contributed by atoms with E-state index in [0.717, 1.165) is 36.3 Å². The predicted octanol–water partition coefficient (Wildman–Crippen LogP) is 3.72. The van der Waals surface area contributed by atoms with Gasteiger partial charge in [0.15, 0.2) is 0 Å². The van der Waals surface area contributed by atoms with Gasteiger partial charge in [-0.3, -0.25) is 4.79 Å². The van der Waals surface area contributed by atoms with E-state index in [1.165, 1.54) is 16.7 Å². The van der Waals surface area contributed by atoms with Gasteiger partial charge in [0.25, 0.3) is 0 Å². The van der Waals surface area contributed by atoms with Crippen molar-refractivity contribution in [3.63, 3.8) is 0 Å². The Hall–Kier alpha value is -3.11. The lowest BCUT2D eigenvalue weighted by atomic mass is 10.0. The molecule has 4 heteroatoms. The highest BCUT2D eigenvalue weighted by atomic mass is 16.5. The van der Waals surface area contributed by atoms with Crippen LogP contribution in [0.25, 0.3) is 11.1 Å². The lowest BCUT2D eigenvalue weighted by Gasteiger charge is -2.13. The summed E-state index contributed by atoms with van der Waals surface area (Å²) in [6.45, 7) is 0.822. The summed E-state index contributed by atoms with van der Waals surface area (Å²) < 4.78 is 5.49. The number of rotatable bonds is 6. The molecule has 1 aliphatic carbocycles. The zero-order valence-electron chi connectivity index (χ0n) is 15.9. The van der Waals surface area contributed by atoms with Crippen molar-refractivity contribution in [3.05, 3.63) is 89.0 Å². The summed E-state index contributed by atoms with van der Waals surface area (Å²) in [4.78, 5) is 11.4. The number of nitrogens with two attached hydrogens (primary N) is 1.